The van der Waals surface area contributed by atoms with Crippen molar-refractivity contribution in [3.8, 4) is 11.1 Å². The van der Waals surface area contributed by atoms with Crippen LogP contribution in [0.15, 0.2) is 72.8 Å². The Morgan fingerprint density at radius 3 is 2.17 bits per heavy atom. The molecular formula is C32H35F3. The van der Waals surface area contributed by atoms with Gasteiger partial charge in [0.25, 0.3) is 0 Å². The van der Waals surface area contributed by atoms with Gasteiger partial charge >= 0.3 is 0 Å². The fourth-order valence-electron chi connectivity index (χ4n) is 5.56. The van der Waals surface area contributed by atoms with Crippen molar-refractivity contribution in [2.45, 2.75) is 70.6 Å². The van der Waals surface area contributed by atoms with Crippen LogP contribution in [0.1, 0.15) is 80.9 Å². The lowest BCUT2D eigenvalue weighted by atomic mass is 9.75. The predicted molar refractivity (Wildman–Crippen MR) is 139 cm³/mol. The summed E-state index contributed by atoms with van der Waals surface area (Å²) >= 11 is 0. The van der Waals surface area contributed by atoms with Crippen LogP contribution in [0, 0.1) is 23.4 Å². The first kappa shape index (κ1) is 25.3. The molecule has 0 nitrogen and oxygen atoms in total. The molecule has 0 radical (unpaired) electrons. The Morgan fingerprint density at radius 2 is 1.54 bits per heavy atom. The fraction of sp³-hybridized carbons (Fsp3) is 0.375. The molecule has 0 aromatic heterocycles. The highest BCUT2D eigenvalue weighted by Crippen LogP contribution is 2.41. The van der Waals surface area contributed by atoms with Gasteiger partial charge < -0.3 is 0 Å². The Kier molecular flexibility index (Phi) is 8.49. The summed E-state index contributed by atoms with van der Waals surface area (Å²) in [6.07, 6.45) is 10.4. The number of rotatable bonds is 8. The van der Waals surface area contributed by atoms with E-state index in [4.69, 9.17) is 0 Å². The maximum atomic E-state index is 15.1. The van der Waals surface area contributed by atoms with Crippen LogP contribution in [-0.2, 0) is 6.42 Å². The summed E-state index contributed by atoms with van der Waals surface area (Å²) < 4.78 is 44.8. The molecule has 1 atom stereocenters. The predicted octanol–water partition coefficient (Wildman–Crippen LogP) is 9.75. The molecule has 0 amide bonds. The Morgan fingerprint density at radius 1 is 0.857 bits per heavy atom. The van der Waals surface area contributed by atoms with E-state index in [-0.39, 0.29) is 17.0 Å². The number of halogens is 3. The summed E-state index contributed by atoms with van der Waals surface area (Å²) in [5.74, 6) is -0.312. The minimum atomic E-state index is -0.610. The third kappa shape index (κ3) is 6.25. The smallest absolute Gasteiger partial charge is 0.134 e. The number of allylic oxidation sites excluding steroid dienone is 2. The van der Waals surface area contributed by atoms with Gasteiger partial charge in [0.2, 0.25) is 0 Å². The van der Waals surface area contributed by atoms with Crippen LogP contribution in [0.4, 0.5) is 13.2 Å². The first-order valence-electron chi connectivity index (χ1n) is 12.9. The van der Waals surface area contributed by atoms with Gasteiger partial charge in [0.1, 0.15) is 17.5 Å². The molecule has 4 rings (SSSR count). The third-order valence-electron chi connectivity index (χ3n) is 7.60. The van der Waals surface area contributed by atoms with Crippen molar-refractivity contribution in [3.63, 3.8) is 0 Å². The monoisotopic (exact) mass is 476 g/mol. The molecule has 1 aliphatic rings. The molecule has 0 spiro atoms. The summed E-state index contributed by atoms with van der Waals surface area (Å²) in [6, 6.07) is 18.0. The van der Waals surface area contributed by atoms with E-state index >= 15 is 8.78 Å². The van der Waals surface area contributed by atoms with Gasteiger partial charge in [0, 0.05) is 0 Å². The van der Waals surface area contributed by atoms with Gasteiger partial charge in [-0.15, -0.1) is 0 Å². The minimum Gasteiger partial charge on any atom is -0.207 e. The van der Waals surface area contributed by atoms with Gasteiger partial charge in [-0.3, -0.25) is 0 Å². The maximum absolute atomic E-state index is 15.1. The Labute approximate surface area is 207 Å². The molecule has 35 heavy (non-hydrogen) atoms. The van der Waals surface area contributed by atoms with E-state index in [1.54, 1.807) is 12.1 Å². The Balaban J connectivity index is 1.41. The third-order valence-corrected chi connectivity index (χ3v) is 7.60. The van der Waals surface area contributed by atoms with E-state index in [2.05, 4.69) is 31.2 Å². The van der Waals surface area contributed by atoms with E-state index < -0.39 is 17.5 Å². The zero-order valence-corrected chi connectivity index (χ0v) is 20.7. The second-order valence-corrected chi connectivity index (χ2v) is 10.0. The normalized spacial score (nSPS) is 19.2. The molecule has 0 N–H and O–H groups in total. The second kappa shape index (κ2) is 11.7. The largest absolute Gasteiger partial charge is 0.207 e. The summed E-state index contributed by atoms with van der Waals surface area (Å²) in [5.41, 5.74) is 2.76. The second-order valence-electron chi connectivity index (χ2n) is 10.0. The number of hydrogen-bond donors (Lipinski definition) is 0. The van der Waals surface area contributed by atoms with Gasteiger partial charge in [-0.25, -0.2) is 13.2 Å². The maximum Gasteiger partial charge on any atom is 0.134 e. The van der Waals surface area contributed by atoms with Gasteiger partial charge in [-0.2, -0.15) is 0 Å². The van der Waals surface area contributed by atoms with Crippen LogP contribution in [0.5, 0.6) is 0 Å². The van der Waals surface area contributed by atoms with Crippen molar-refractivity contribution in [2.24, 2.45) is 5.92 Å². The van der Waals surface area contributed by atoms with Crippen LogP contribution in [0.25, 0.3) is 11.1 Å². The lowest BCUT2D eigenvalue weighted by molar-refractivity contribution is 0.296. The lowest BCUT2D eigenvalue weighted by Gasteiger charge is -2.30. The SMILES string of the molecule is CC=CCCc1ccc(-c2c(F)cc(C3CCC(C[C@H](C)c4ccccc4)CC3)cc2F)cc1F. The van der Waals surface area contributed by atoms with Crippen molar-refractivity contribution >= 4 is 0 Å². The minimum absolute atomic E-state index is 0.141. The quantitative estimate of drug-likeness (QED) is 0.284. The van der Waals surface area contributed by atoms with Crippen molar-refractivity contribution in [1.82, 2.24) is 0 Å². The first-order chi connectivity index (χ1) is 17.0. The van der Waals surface area contributed by atoms with Crippen LogP contribution in [-0.4, -0.2) is 0 Å². The molecule has 0 saturated heterocycles. The molecule has 0 heterocycles. The highest BCUT2D eigenvalue weighted by molar-refractivity contribution is 5.66. The van der Waals surface area contributed by atoms with E-state index in [0.29, 0.717) is 23.8 Å². The van der Waals surface area contributed by atoms with Crippen molar-refractivity contribution in [1.29, 1.82) is 0 Å². The van der Waals surface area contributed by atoms with E-state index in [1.165, 1.54) is 23.8 Å². The van der Waals surface area contributed by atoms with Gasteiger partial charge in [0.15, 0.2) is 0 Å². The van der Waals surface area contributed by atoms with Gasteiger partial charge in [0.05, 0.1) is 5.56 Å². The molecule has 3 heteroatoms. The number of aryl methyl sites for hydroxylation is 1. The van der Waals surface area contributed by atoms with E-state index in [9.17, 15) is 4.39 Å². The topological polar surface area (TPSA) is 0 Å². The molecule has 0 unspecified atom stereocenters. The van der Waals surface area contributed by atoms with Crippen LogP contribution in [0.3, 0.4) is 0 Å². The zero-order valence-electron chi connectivity index (χ0n) is 20.7. The molecule has 3 aromatic rings. The molecule has 0 bridgehead atoms. The van der Waals surface area contributed by atoms with Crippen molar-refractivity contribution in [3.05, 3.63) is 107 Å². The van der Waals surface area contributed by atoms with Gasteiger partial charge in [-0.05, 0) is 110 Å². The van der Waals surface area contributed by atoms with E-state index in [0.717, 1.165) is 44.1 Å². The summed E-state index contributed by atoms with van der Waals surface area (Å²) in [7, 11) is 0. The Bertz CT molecular complexity index is 1120. The molecular weight excluding hydrogens is 441 g/mol. The summed E-state index contributed by atoms with van der Waals surface area (Å²) in [5, 5.41) is 0. The molecule has 1 aliphatic carbocycles. The fourth-order valence-corrected chi connectivity index (χ4v) is 5.56. The molecule has 1 saturated carbocycles. The number of hydrogen-bond acceptors (Lipinski definition) is 0. The molecule has 0 aliphatic heterocycles. The average Bonchev–Trinajstić information content (AvgIpc) is 2.86. The lowest BCUT2D eigenvalue weighted by Crippen LogP contribution is -2.15. The standard InChI is InChI=1S/C32H35F3/c1-3-4-6-11-26-16-17-27(19-29(26)33)32-30(34)20-28(21-31(32)35)25-14-12-23(13-15-25)18-22(2)24-9-7-5-8-10-24/h3-5,7-10,16-17,19-23,25H,6,11-15,18H2,1-2H3/t22-,23?,25?/m0/s1. The van der Waals surface area contributed by atoms with Crippen molar-refractivity contribution < 1.29 is 13.2 Å². The zero-order chi connectivity index (χ0) is 24.8. The summed E-state index contributed by atoms with van der Waals surface area (Å²) in [6.45, 7) is 4.20. The highest BCUT2D eigenvalue weighted by atomic mass is 19.1. The number of benzene rings is 3. The van der Waals surface area contributed by atoms with Gasteiger partial charge in [-0.1, -0.05) is 61.5 Å². The highest BCUT2D eigenvalue weighted by Gasteiger charge is 2.26. The first-order valence-corrected chi connectivity index (χ1v) is 12.9. The molecule has 3 aromatic carbocycles. The van der Waals surface area contributed by atoms with Crippen molar-refractivity contribution in [2.75, 3.05) is 0 Å². The summed E-state index contributed by atoms with van der Waals surface area (Å²) in [4.78, 5) is 0. The van der Waals surface area contributed by atoms with Crippen LogP contribution in [0.2, 0.25) is 0 Å². The van der Waals surface area contributed by atoms with E-state index in [1.807, 2.05) is 25.1 Å². The average molecular weight is 477 g/mol. The molecule has 1 fully saturated rings. The van der Waals surface area contributed by atoms with Crippen LogP contribution < -0.4 is 0 Å². The van der Waals surface area contributed by atoms with Crippen LogP contribution >= 0.6 is 0 Å². The molecule has 184 valence electrons. The Hall–Kier alpha value is -2.81.